The number of nitrogens with one attached hydrogen (secondary N) is 2. The maximum atomic E-state index is 12.4. The first-order valence-corrected chi connectivity index (χ1v) is 10.1. The molecule has 1 saturated heterocycles. The van der Waals surface area contributed by atoms with E-state index in [4.69, 9.17) is 4.74 Å². The van der Waals surface area contributed by atoms with Gasteiger partial charge in [0.2, 0.25) is 5.91 Å². The van der Waals surface area contributed by atoms with Gasteiger partial charge in [0.25, 0.3) is 0 Å². The Balaban J connectivity index is 1.53. The zero-order chi connectivity index (χ0) is 15.4. The summed E-state index contributed by atoms with van der Waals surface area (Å²) < 4.78 is 5.97. The standard InChI is InChI=1S/C17H30N2O2S/c1-2-21-15-11-14(17(15)6-4-3-5-7-17)19-16(20)10-13-12-22-9-8-18-13/h13-15,18H,2-12H2,1H3,(H,19,20). The van der Waals surface area contributed by atoms with Crippen molar-refractivity contribution in [2.24, 2.45) is 5.41 Å². The fourth-order valence-electron chi connectivity index (χ4n) is 4.49. The molecule has 3 unspecified atom stereocenters. The molecule has 2 N–H and O–H groups in total. The molecule has 1 aliphatic heterocycles. The molecule has 22 heavy (non-hydrogen) atoms. The number of ether oxygens (including phenoxy) is 1. The molecule has 0 aromatic heterocycles. The molecule has 1 spiro atoms. The van der Waals surface area contributed by atoms with Crippen molar-refractivity contribution in [2.75, 3.05) is 24.7 Å². The third kappa shape index (κ3) is 3.46. The lowest BCUT2D eigenvalue weighted by Gasteiger charge is -2.57. The Morgan fingerprint density at radius 3 is 2.86 bits per heavy atom. The Labute approximate surface area is 138 Å². The lowest BCUT2D eigenvalue weighted by Crippen LogP contribution is -2.65. The van der Waals surface area contributed by atoms with E-state index in [1.54, 1.807) is 0 Å². The van der Waals surface area contributed by atoms with Gasteiger partial charge in [0, 0.05) is 48.6 Å². The molecule has 2 aliphatic carbocycles. The minimum absolute atomic E-state index is 0.227. The van der Waals surface area contributed by atoms with E-state index < -0.39 is 0 Å². The summed E-state index contributed by atoms with van der Waals surface area (Å²) in [5, 5.41) is 6.80. The van der Waals surface area contributed by atoms with Crippen LogP contribution >= 0.6 is 11.8 Å². The van der Waals surface area contributed by atoms with Crippen molar-refractivity contribution in [3.8, 4) is 0 Å². The number of thioether (sulfide) groups is 1. The second-order valence-corrected chi connectivity index (χ2v) is 8.17. The molecule has 1 amide bonds. The number of carbonyl (C=O) groups excluding carboxylic acids is 1. The van der Waals surface area contributed by atoms with Crippen molar-refractivity contribution in [1.82, 2.24) is 10.6 Å². The molecule has 3 fully saturated rings. The van der Waals surface area contributed by atoms with Crippen LogP contribution in [0.5, 0.6) is 0 Å². The van der Waals surface area contributed by atoms with E-state index in [0.29, 0.717) is 24.6 Å². The van der Waals surface area contributed by atoms with Crippen molar-refractivity contribution in [1.29, 1.82) is 0 Å². The number of hydrogen-bond acceptors (Lipinski definition) is 4. The second-order valence-electron chi connectivity index (χ2n) is 7.02. The van der Waals surface area contributed by atoms with Crippen LogP contribution in [0.15, 0.2) is 0 Å². The third-order valence-electron chi connectivity index (χ3n) is 5.70. The van der Waals surface area contributed by atoms with Crippen molar-refractivity contribution >= 4 is 17.7 Å². The molecular formula is C17H30N2O2S. The summed E-state index contributed by atoms with van der Waals surface area (Å²) in [5.74, 6) is 2.45. The van der Waals surface area contributed by atoms with Gasteiger partial charge in [0.15, 0.2) is 0 Å². The summed E-state index contributed by atoms with van der Waals surface area (Å²) in [5.41, 5.74) is 0.235. The Hall–Kier alpha value is -0.260. The molecule has 4 nitrogen and oxygen atoms in total. The second kappa shape index (κ2) is 7.54. The maximum absolute atomic E-state index is 12.4. The topological polar surface area (TPSA) is 50.4 Å². The van der Waals surface area contributed by atoms with Gasteiger partial charge in [-0.05, 0) is 26.2 Å². The van der Waals surface area contributed by atoms with Crippen LogP contribution in [0.25, 0.3) is 0 Å². The van der Waals surface area contributed by atoms with Gasteiger partial charge in [0.05, 0.1) is 6.10 Å². The van der Waals surface area contributed by atoms with Crippen LogP contribution in [-0.2, 0) is 9.53 Å². The molecule has 3 rings (SSSR count). The van der Waals surface area contributed by atoms with Crippen LogP contribution < -0.4 is 10.6 Å². The van der Waals surface area contributed by atoms with Crippen LogP contribution in [0.2, 0.25) is 0 Å². The Kier molecular flexibility index (Phi) is 5.69. The third-order valence-corrected chi connectivity index (χ3v) is 6.83. The van der Waals surface area contributed by atoms with E-state index in [2.05, 4.69) is 17.6 Å². The summed E-state index contributed by atoms with van der Waals surface area (Å²) in [6.07, 6.45) is 8.36. The summed E-state index contributed by atoms with van der Waals surface area (Å²) in [6.45, 7) is 3.90. The molecule has 0 aromatic rings. The molecule has 5 heteroatoms. The molecule has 0 aromatic carbocycles. The first kappa shape index (κ1) is 16.6. The van der Waals surface area contributed by atoms with E-state index in [9.17, 15) is 4.79 Å². The first-order valence-electron chi connectivity index (χ1n) is 8.96. The smallest absolute Gasteiger partial charge is 0.221 e. The van der Waals surface area contributed by atoms with Gasteiger partial charge in [-0.2, -0.15) is 11.8 Å². The fraction of sp³-hybridized carbons (Fsp3) is 0.941. The monoisotopic (exact) mass is 326 g/mol. The van der Waals surface area contributed by atoms with Gasteiger partial charge >= 0.3 is 0 Å². The van der Waals surface area contributed by atoms with Crippen molar-refractivity contribution in [3.05, 3.63) is 0 Å². The predicted molar refractivity (Wildman–Crippen MR) is 91.2 cm³/mol. The van der Waals surface area contributed by atoms with Gasteiger partial charge in [-0.25, -0.2) is 0 Å². The first-order chi connectivity index (χ1) is 10.7. The zero-order valence-corrected chi connectivity index (χ0v) is 14.6. The maximum Gasteiger partial charge on any atom is 0.221 e. The van der Waals surface area contributed by atoms with Gasteiger partial charge < -0.3 is 15.4 Å². The molecule has 2 saturated carbocycles. The van der Waals surface area contributed by atoms with Crippen LogP contribution in [-0.4, -0.2) is 48.8 Å². The predicted octanol–water partition coefficient (Wildman–Crippen LogP) is 2.33. The molecule has 3 aliphatic rings. The molecule has 1 heterocycles. The van der Waals surface area contributed by atoms with E-state index in [1.165, 1.54) is 37.9 Å². The number of carbonyl (C=O) groups is 1. The Bertz CT molecular complexity index is 379. The lowest BCUT2D eigenvalue weighted by atomic mass is 9.55. The number of amides is 1. The Morgan fingerprint density at radius 2 is 2.18 bits per heavy atom. The quantitative estimate of drug-likeness (QED) is 0.814. The average molecular weight is 327 g/mol. The summed E-state index contributed by atoms with van der Waals surface area (Å²) in [7, 11) is 0. The van der Waals surface area contributed by atoms with Gasteiger partial charge in [-0.1, -0.05) is 19.3 Å². The SMILES string of the molecule is CCOC1CC(NC(=O)CC2CSCCN2)C12CCCCC2. The average Bonchev–Trinajstić information content (AvgIpc) is 2.55. The van der Waals surface area contributed by atoms with Gasteiger partial charge in [-0.15, -0.1) is 0 Å². The highest BCUT2D eigenvalue weighted by atomic mass is 32.2. The van der Waals surface area contributed by atoms with Crippen LogP contribution in [0.3, 0.4) is 0 Å². The van der Waals surface area contributed by atoms with Crippen molar-refractivity contribution in [2.45, 2.75) is 70.1 Å². The summed E-state index contributed by atoms with van der Waals surface area (Å²) >= 11 is 1.95. The van der Waals surface area contributed by atoms with Gasteiger partial charge in [-0.3, -0.25) is 4.79 Å². The summed E-state index contributed by atoms with van der Waals surface area (Å²) in [4.78, 5) is 12.4. The summed E-state index contributed by atoms with van der Waals surface area (Å²) in [6, 6.07) is 0.692. The number of hydrogen-bond donors (Lipinski definition) is 2. The normalized spacial score (nSPS) is 34.1. The van der Waals surface area contributed by atoms with E-state index in [-0.39, 0.29) is 11.3 Å². The van der Waals surface area contributed by atoms with E-state index >= 15 is 0 Å². The van der Waals surface area contributed by atoms with Crippen LogP contribution in [0, 0.1) is 5.41 Å². The van der Waals surface area contributed by atoms with Crippen LogP contribution in [0.4, 0.5) is 0 Å². The van der Waals surface area contributed by atoms with E-state index in [1.807, 2.05) is 11.8 Å². The largest absolute Gasteiger partial charge is 0.378 e. The van der Waals surface area contributed by atoms with Gasteiger partial charge in [0.1, 0.15) is 0 Å². The Morgan fingerprint density at radius 1 is 1.36 bits per heavy atom. The van der Waals surface area contributed by atoms with Crippen molar-refractivity contribution < 1.29 is 9.53 Å². The molecule has 126 valence electrons. The lowest BCUT2D eigenvalue weighted by molar-refractivity contribution is -0.157. The molecule has 0 bridgehead atoms. The van der Waals surface area contributed by atoms with Crippen LogP contribution in [0.1, 0.15) is 51.9 Å². The highest BCUT2D eigenvalue weighted by molar-refractivity contribution is 7.99. The number of rotatable bonds is 5. The molecule has 3 atom stereocenters. The minimum atomic E-state index is 0.227. The zero-order valence-electron chi connectivity index (χ0n) is 13.7. The van der Waals surface area contributed by atoms with Crippen molar-refractivity contribution in [3.63, 3.8) is 0 Å². The highest BCUT2D eigenvalue weighted by Gasteiger charge is 2.56. The van der Waals surface area contributed by atoms with E-state index in [0.717, 1.165) is 25.3 Å². The molecular weight excluding hydrogens is 296 g/mol. The molecule has 0 radical (unpaired) electrons. The highest BCUT2D eigenvalue weighted by Crippen LogP contribution is 2.53. The minimum Gasteiger partial charge on any atom is -0.378 e. The fourth-order valence-corrected chi connectivity index (χ4v) is 5.44.